The van der Waals surface area contributed by atoms with Crippen molar-refractivity contribution in [3.05, 3.63) is 79.8 Å². The van der Waals surface area contributed by atoms with Gasteiger partial charge in [0.15, 0.2) is 11.5 Å². The molecule has 0 fully saturated rings. The zero-order valence-electron chi connectivity index (χ0n) is 32.3. The first-order chi connectivity index (χ1) is 26.7. The number of nitrogens with one attached hydrogen (secondary N) is 1. The van der Waals surface area contributed by atoms with Gasteiger partial charge in [-0.2, -0.15) is 19.9 Å². The first-order valence-electron chi connectivity index (χ1n) is 17.5. The van der Waals surface area contributed by atoms with Crippen molar-refractivity contribution in [1.29, 1.82) is 0 Å². The smallest absolute Gasteiger partial charge is 0.416 e. The number of nitrogen functional groups attached to an aromatic ring is 2. The Morgan fingerprint density at radius 1 is 0.770 bits per heavy atom. The van der Waals surface area contributed by atoms with Crippen LogP contribution < -0.4 is 31.5 Å². The first-order valence-corrected chi connectivity index (χ1v) is 17.5. The van der Waals surface area contributed by atoms with Crippen LogP contribution >= 0.6 is 0 Å². The maximum Gasteiger partial charge on any atom is 0.416 e. The van der Waals surface area contributed by atoms with Gasteiger partial charge in [0, 0.05) is 144 Å². The van der Waals surface area contributed by atoms with Crippen LogP contribution in [-0.4, -0.2) is 83.5 Å². The molecule has 4 radical (unpaired) electrons. The molecule has 318 valence electrons. The minimum Gasteiger partial charge on any atom is -0.463 e. The fraction of sp³-hybridized carbons (Fsp3) is 0.444. The zero-order valence-corrected chi connectivity index (χ0v) is 43.7. The van der Waals surface area contributed by atoms with Gasteiger partial charge >= 0.3 is 29.5 Å². The van der Waals surface area contributed by atoms with Crippen molar-refractivity contribution >= 4 is 40.4 Å². The molecule has 7 heterocycles. The summed E-state index contributed by atoms with van der Waals surface area (Å²) in [5, 5.41) is 11.7. The van der Waals surface area contributed by atoms with E-state index in [0.717, 1.165) is 35.6 Å². The number of hydrogen-bond acceptors (Lipinski definition) is 17. The summed E-state index contributed by atoms with van der Waals surface area (Å²) in [6, 6.07) is 10.9. The molecule has 0 saturated heterocycles. The van der Waals surface area contributed by atoms with Gasteiger partial charge in [-0.1, -0.05) is 27.0 Å². The number of nitrogens with two attached hydrogens (primary N) is 2. The van der Waals surface area contributed by atoms with Crippen molar-refractivity contribution < 1.29 is 164 Å². The Balaban J connectivity index is 0.00000109. The quantitative estimate of drug-likeness (QED) is 0.164. The topological polar surface area (TPSA) is 277 Å². The summed E-state index contributed by atoms with van der Waals surface area (Å²) in [5.74, 6) is -0.548. The summed E-state index contributed by atoms with van der Waals surface area (Å²) >= 11 is 0. The molecule has 25 heteroatoms. The molecule has 5 aromatic heterocycles. The summed E-state index contributed by atoms with van der Waals surface area (Å²) in [7, 11) is 0. The van der Waals surface area contributed by atoms with E-state index in [1.807, 2.05) is 18.2 Å². The Morgan fingerprint density at radius 2 is 1.28 bits per heavy atom. The minimum atomic E-state index is -0.836. The van der Waals surface area contributed by atoms with Gasteiger partial charge in [-0.05, 0) is 56.9 Å². The Labute approximate surface area is 453 Å². The number of nitrogens with zero attached hydrogens (tertiary/aromatic N) is 9. The zero-order chi connectivity index (χ0) is 38.7. The van der Waals surface area contributed by atoms with Crippen LogP contribution in [0.25, 0.3) is 11.2 Å². The average Bonchev–Trinajstić information content (AvgIpc) is 3.47. The number of rotatable bonds is 2. The van der Waals surface area contributed by atoms with E-state index in [9.17, 15) is 19.7 Å². The molecule has 7 rings (SSSR count). The van der Waals surface area contributed by atoms with Gasteiger partial charge in [-0.25, -0.2) is 14.5 Å². The Bertz CT molecular complexity index is 2220. The third kappa shape index (κ3) is 16.5. The van der Waals surface area contributed by atoms with Crippen LogP contribution in [0.3, 0.4) is 0 Å². The van der Waals surface area contributed by atoms with E-state index in [-0.39, 0.29) is 201 Å². The third-order valence-electron chi connectivity index (χ3n) is 8.13. The molecule has 8 bridgehead atoms. The molecule has 21 nitrogen and oxygen atoms in total. The number of carbonyl (C=O) groups is 1. The van der Waals surface area contributed by atoms with Gasteiger partial charge < -0.3 is 40.1 Å². The predicted molar refractivity (Wildman–Crippen MR) is 209 cm³/mol. The van der Waals surface area contributed by atoms with Crippen molar-refractivity contribution in [2.75, 3.05) is 49.4 Å². The van der Waals surface area contributed by atoms with Gasteiger partial charge in [0.1, 0.15) is 5.52 Å². The maximum atomic E-state index is 12.7. The number of imidazole rings is 1. The number of pyridine rings is 2. The van der Waals surface area contributed by atoms with Crippen LogP contribution in [-0.2, 0) is 171 Å². The van der Waals surface area contributed by atoms with Crippen molar-refractivity contribution in [3.63, 3.8) is 0 Å². The van der Waals surface area contributed by atoms with Crippen molar-refractivity contribution in [2.24, 2.45) is 0 Å². The third-order valence-corrected chi connectivity index (χ3v) is 8.13. The normalized spacial score (nSPS) is 13.6. The Kier molecular flexibility index (Phi) is 28.4. The molecule has 1 amide bonds. The predicted octanol–water partition coefficient (Wildman–Crippen LogP) is 4.31. The fourth-order valence-electron chi connectivity index (χ4n) is 5.55. The number of nitro groups is 1. The van der Waals surface area contributed by atoms with E-state index >= 15 is 0 Å². The molecule has 0 saturated carbocycles. The number of carbonyl (C=O) groups excluding carboxylic acids is 1. The summed E-state index contributed by atoms with van der Waals surface area (Å²) in [6.45, 7) is 4.40. The van der Waals surface area contributed by atoms with Crippen molar-refractivity contribution in [1.82, 2.24) is 39.5 Å². The van der Waals surface area contributed by atoms with E-state index in [1.165, 1.54) is 4.57 Å². The molecule has 0 atom stereocenters. The van der Waals surface area contributed by atoms with E-state index in [2.05, 4.69) is 34.9 Å². The molecular weight excluding hydrogens is 1100 g/mol. The molecule has 5 aromatic rings. The number of amides is 1. The monoisotopic (exact) mass is 1150 g/mol. The SMILES string of the molecule is C.C.CCOC(=O)N1Cc2cccc(n2)COCCCCOc2nc(N)c([N+](=O)[O-])c1n2.Nc1nc2nc3c1[nH]c(=O)n3Cc1cccc(n1)COCCCCO2.[Y].[Y].[Y].[Y]. The summed E-state index contributed by atoms with van der Waals surface area (Å²) in [5.41, 5.74) is 14.3. The summed E-state index contributed by atoms with van der Waals surface area (Å²) in [6.07, 6.45) is 2.19. The van der Waals surface area contributed by atoms with Gasteiger partial charge in [0.25, 0.3) is 0 Å². The van der Waals surface area contributed by atoms with Gasteiger partial charge in [0.2, 0.25) is 11.6 Å². The molecule has 5 N–H and O–H groups in total. The van der Waals surface area contributed by atoms with E-state index in [4.69, 9.17) is 35.2 Å². The Morgan fingerprint density at radius 3 is 1.84 bits per heavy atom. The fourth-order valence-corrected chi connectivity index (χ4v) is 5.55. The van der Waals surface area contributed by atoms with Crippen molar-refractivity contribution in [2.45, 2.75) is 73.8 Å². The van der Waals surface area contributed by atoms with Crippen LogP contribution in [0.2, 0.25) is 0 Å². The molecule has 0 aromatic carbocycles. The number of H-pyrrole nitrogens is 1. The molecule has 2 aliphatic heterocycles. The number of fused-ring (bicyclic) bond motifs is 7. The van der Waals surface area contributed by atoms with Crippen molar-refractivity contribution in [3.8, 4) is 12.0 Å². The van der Waals surface area contributed by atoms with E-state index in [1.54, 1.807) is 25.1 Å². The van der Waals surface area contributed by atoms with Crippen LogP contribution in [0.5, 0.6) is 12.0 Å². The van der Waals surface area contributed by atoms with Crippen LogP contribution in [0, 0.1) is 10.1 Å². The molecule has 0 spiro atoms. The van der Waals surface area contributed by atoms with Crippen LogP contribution in [0.15, 0.2) is 41.2 Å². The summed E-state index contributed by atoms with van der Waals surface area (Å²) < 4.78 is 28.9. The summed E-state index contributed by atoms with van der Waals surface area (Å²) in [4.78, 5) is 65.0. The molecule has 0 unspecified atom stereocenters. The molecule has 61 heavy (non-hydrogen) atoms. The number of aromatic amines is 1. The largest absolute Gasteiger partial charge is 0.463 e. The van der Waals surface area contributed by atoms with Gasteiger partial charge in [-0.3, -0.25) is 24.6 Å². The second kappa shape index (κ2) is 29.4. The van der Waals surface area contributed by atoms with Gasteiger partial charge in [0.05, 0.1) is 73.8 Å². The second-order valence-corrected chi connectivity index (χ2v) is 12.2. The maximum absolute atomic E-state index is 12.7. The number of aromatic nitrogens is 8. The minimum absolute atomic E-state index is 0. The van der Waals surface area contributed by atoms with Crippen LogP contribution in [0.1, 0.15) is 70.2 Å². The van der Waals surface area contributed by atoms with Crippen LogP contribution in [0.4, 0.5) is 27.9 Å². The van der Waals surface area contributed by atoms with E-state index < -0.39 is 22.5 Å². The number of ether oxygens (including phenoxy) is 5. The van der Waals surface area contributed by atoms with E-state index in [0.29, 0.717) is 62.0 Å². The molecule has 2 aliphatic rings. The second-order valence-electron chi connectivity index (χ2n) is 12.2. The number of anilines is 3. The van der Waals surface area contributed by atoms with Gasteiger partial charge in [-0.15, -0.1) is 0 Å². The Hall–Kier alpha value is -2.06. The molecular formula is C36H48N12O9Y4. The first kappa shape index (κ1) is 58.9. The number of hydrogen-bond donors (Lipinski definition) is 3. The average molecular weight is 1150 g/mol. The molecule has 0 aliphatic carbocycles. The standard InChI is InChI=1S/C18H22N6O6.C16H18N6O3.2CH4.4Y/c1-2-29-18(25)23-10-12-6-5-7-13(20-12)11-28-8-3-4-9-30-17-21-15(19)14(24(26)27)16(23)22-17;17-13-12-14-21-15(20-13)25-7-2-1-6-24-9-11-5-3-4-10(18-11)8-22(14)16(23)19-12;;;;;;/h5-7H,2-4,8-11H2,1H3,(H2,19,21,22);3-5H,1-2,6-9H2,(H,19,23)(H2,17,20,21);2*1H4;;;;.